The summed E-state index contributed by atoms with van der Waals surface area (Å²) >= 11 is 6.19. The molecule has 3 rings (SSSR count). The Balaban J connectivity index is 1.54. The molecule has 0 atom stereocenters. The molecule has 2 aromatic carbocycles. The molecule has 1 aliphatic rings. The van der Waals surface area contributed by atoms with Crippen LogP contribution in [0.1, 0.15) is 17.5 Å². The third-order valence-electron chi connectivity index (χ3n) is 4.81. The summed E-state index contributed by atoms with van der Waals surface area (Å²) in [7, 11) is 1.68. The molecule has 0 radical (unpaired) electrons. The molecule has 2 aromatic rings. The van der Waals surface area contributed by atoms with Crippen LogP contribution < -0.4 is 4.74 Å². The van der Waals surface area contributed by atoms with Gasteiger partial charge in [0.25, 0.3) is 0 Å². The Bertz CT molecular complexity index is 733. The maximum atomic E-state index is 12.6. The number of carbonyl (C=O) groups excluding carboxylic acids is 1. The monoisotopic (exact) mass is 372 g/mol. The number of carbonyl (C=O) groups is 1. The molecule has 0 aliphatic carbocycles. The molecule has 1 fully saturated rings. The molecular formula is C21H25ClN2O2. The van der Waals surface area contributed by atoms with E-state index in [1.165, 1.54) is 5.56 Å². The summed E-state index contributed by atoms with van der Waals surface area (Å²) in [6, 6.07) is 15.8. The van der Waals surface area contributed by atoms with Crippen molar-refractivity contribution in [3.05, 3.63) is 64.7 Å². The van der Waals surface area contributed by atoms with Crippen LogP contribution in [0.4, 0.5) is 0 Å². The number of hydrogen-bond acceptors (Lipinski definition) is 3. The minimum absolute atomic E-state index is 0.157. The fourth-order valence-electron chi connectivity index (χ4n) is 3.28. The van der Waals surface area contributed by atoms with Crippen molar-refractivity contribution in [1.82, 2.24) is 9.80 Å². The summed E-state index contributed by atoms with van der Waals surface area (Å²) in [5.74, 6) is 1.03. The first-order valence-corrected chi connectivity index (χ1v) is 9.40. The van der Waals surface area contributed by atoms with E-state index in [2.05, 4.69) is 17.0 Å². The smallest absolute Gasteiger partial charge is 0.227 e. The lowest BCUT2D eigenvalue weighted by Gasteiger charge is -2.22. The van der Waals surface area contributed by atoms with E-state index in [0.717, 1.165) is 50.5 Å². The van der Waals surface area contributed by atoms with Gasteiger partial charge in [0, 0.05) is 37.7 Å². The van der Waals surface area contributed by atoms with Crippen LogP contribution in [0.25, 0.3) is 0 Å². The van der Waals surface area contributed by atoms with Crippen molar-refractivity contribution < 1.29 is 9.53 Å². The largest absolute Gasteiger partial charge is 0.497 e. The summed E-state index contributed by atoms with van der Waals surface area (Å²) in [5, 5.41) is 0.664. The first-order valence-electron chi connectivity index (χ1n) is 9.02. The molecule has 0 spiro atoms. The zero-order chi connectivity index (χ0) is 18.4. The van der Waals surface area contributed by atoms with Crippen LogP contribution in [0, 0.1) is 0 Å². The van der Waals surface area contributed by atoms with Crippen LogP contribution >= 0.6 is 11.6 Å². The second-order valence-corrected chi connectivity index (χ2v) is 7.03. The number of hydrogen-bond donors (Lipinski definition) is 0. The average Bonchev–Trinajstić information content (AvgIpc) is 2.90. The van der Waals surface area contributed by atoms with E-state index in [1.807, 2.05) is 41.3 Å². The van der Waals surface area contributed by atoms with Gasteiger partial charge in [-0.3, -0.25) is 9.69 Å². The SMILES string of the molecule is COc1ccc(CN2CCCN(C(=O)Cc3ccccc3Cl)CC2)cc1. The van der Waals surface area contributed by atoms with Gasteiger partial charge in [-0.05, 0) is 35.7 Å². The fraction of sp³-hybridized carbons (Fsp3) is 0.381. The van der Waals surface area contributed by atoms with Gasteiger partial charge in [-0.1, -0.05) is 41.9 Å². The summed E-state index contributed by atoms with van der Waals surface area (Å²) in [4.78, 5) is 17.0. The quantitative estimate of drug-likeness (QED) is 0.803. The van der Waals surface area contributed by atoms with E-state index in [0.29, 0.717) is 11.4 Å². The van der Waals surface area contributed by atoms with E-state index < -0.39 is 0 Å². The zero-order valence-corrected chi connectivity index (χ0v) is 15.9. The van der Waals surface area contributed by atoms with Gasteiger partial charge in [-0.2, -0.15) is 0 Å². The second-order valence-electron chi connectivity index (χ2n) is 6.63. The van der Waals surface area contributed by atoms with Crippen molar-refractivity contribution in [2.45, 2.75) is 19.4 Å². The van der Waals surface area contributed by atoms with Crippen LogP contribution in [0.2, 0.25) is 5.02 Å². The molecule has 5 heteroatoms. The number of amides is 1. The summed E-state index contributed by atoms with van der Waals surface area (Å²) in [6.45, 7) is 4.36. The highest BCUT2D eigenvalue weighted by atomic mass is 35.5. The van der Waals surface area contributed by atoms with Gasteiger partial charge in [0.1, 0.15) is 5.75 Å². The molecule has 1 aliphatic heterocycles. The molecule has 0 unspecified atom stereocenters. The molecule has 1 heterocycles. The third-order valence-corrected chi connectivity index (χ3v) is 5.17. The molecule has 26 heavy (non-hydrogen) atoms. The standard InChI is InChI=1S/C21H25ClN2O2/c1-26-19-9-7-17(8-10-19)16-23-11-4-12-24(14-13-23)21(25)15-18-5-2-3-6-20(18)22/h2-3,5-10H,4,11-16H2,1H3. The fourth-order valence-corrected chi connectivity index (χ4v) is 3.49. The van der Waals surface area contributed by atoms with Crippen molar-refractivity contribution in [3.8, 4) is 5.75 Å². The van der Waals surface area contributed by atoms with Gasteiger partial charge in [0.15, 0.2) is 0 Å². The Morgan fingerprint density at radius 1 is 1.04 bits per heavy atom. The Labute approximate surface area is 160 Å². The van der Waals surface area contributed by atoms with Crippen LogP contribution in [0.15, 0.2) is 48.5 Å². The Morgan fingerprint density at radius 2 is 1.81 bits per heavy atom. The molecule has 0 N–H and O–H groups in total. The van der Waals surface area contributed by atoms with Crippen molar-refractivity contribution in [2.24, 2.45) is 0 Å². The summed E-state index contributed by atoms with van der Waals surface area (Å²) < 4.78 is 5.21. The number of benzene rings is 2. The van der Waals surface area contributed by atoms with Gasteiger partial charge in [0.2, 0.25) is 5.91 Å². The van der Waals surface area contributed by atoms with E-state index in [-0.39, 0.29) is 5.91 Å². The number of ether oxygens (including phenoxy) is 1. The van der Waals surface area contributed by atoms with Crippen molar-refractivity contribution in [3.63, 3.8) is 0 Å². The molecule has 138 valence electrons. The third kappa shape index (κ3) is 4.99. The predicted octanol–water partition coefficient (Wildman–Crippen LogP) is 3.63. The highest BCUT2D eigenvalue weighted by molar-refractivity contribution is 6.31. The Kier molecular flexibility index (Phi) is 6.53. The Hall–Kier alpha value is -2.04. The average molecular weight is 373 g/mol. The molecule has 0 aromatic heterocycles. The van der Waals surface area contributed by atoms with Crippen LogP contribution in [0.5, 0.6) is 5.75 Å². The minimum Gasteiger partial charge on any atom is -0.497 e. The highest BCUT2D eigenvalue weighted by Gasteiger charge is 2.20. The van der Waals surface area contributed by atoms with Gasteiger partial charge >= 0.3 is 0 Å². The molecule has 4 nitrogen and oxygen atoms in total. The first kappa shape index (κ1) is 18.7. The topological polar surface area (TPSA) is 32.8 Å². The van der Waals surface area contributed by atoms with Gasteiger partial charge < -0.3 is 9.64 Å². The molecule has 0 saturated carbocycles. The first-order chi connectivity index (χ1) is 12.7. The predicted molar refractivity (Wildman–Crippen MR) is 105 cm³/mol. The van der Waals surface area contributed by atoms with Gasteiger partial charge in [0.05, 0.1) is 13.5 Å². The minimum atomic E-state index is 0.157. The summed E-state index contributed by atoms with van der Waals surface area (Å²) in [6.07, 6.45) is 1.36. The summed E-state index contributed by atoms with van der Waals surface area (Å²) in [5.41, 5.74) is 2.17. The van der Waals surface area contributed by atoms with Crippen molar-refractivity contribution >= 4 is 17.5 Å². The van der Waals surface area contributed by atoms with Crippen molar-refractivity contribution in [2.75, 3.05) is 33.3 Å². The lowest BCUT2D eigenvalue weighted by Crippen LogP contribution is -2.36. The molecular weight excluding hydrogens is 348 g/mol. The highest BCUT2D eigenvalue weighted by Crippen LogP contribution is 2.18. The van der Waals surface area contributed by atoms with E-state index in [1.54, 1.807) is 7.11 Å². The molecule has 1 amide bonds. The van der Waals surface area contributed by atoms with Gasteiger partial charge in [-0.15, -0.1) is 0 Å². The normalized spacial score (nSPS) is 15.5. The van der Waals surface area contributed by atoms with Gasteiger partial charge in [-0.25, -0.2) is 0 Å². The van der Waals surface area contributed by atoms with Crippen LogP contribution in [-0.2, 0) is 17.8 Å². The number of nitrogens with zero attached hydrogens (tertiary/aromatic N) is 2. The maximum absolute atomic E-state index is 12.6. The lowest BCUT2D eigenvalue weighted by molar-refractivity contribution is -0.130. The van der Waals surface area contributed by atoms with Crippen LogP contribution in [0.3, 0.4) is 0 Å². The van der Waals surface area contributed by atoms with E-state index in [4.69, 9.17) is 16.3 Å². The molecule has 0 bridgehead atoms. The maximum Gasteiger partial charge on any atom is 0.227 e. The zero-order valence-electron chi connectivity index (χ0n) is 15.2. The van der Waals surface area contributed by atoms with Crippen LogP contribution in [-0.4, -0.2) is 49.0 Å². The Morgan fingerprint density at radius 3 is 2.54 bits per heavy atom. The van der Waals surface area contributed by atoms with E-state index >= 15 is 0 Å². The number of rotatable bonds is 5. The molecule has 1 saturated heterocycles. The van der Waals surface area contributed by atoms with E-state index in [9.17, 15) is 4.79 Å². The number of halogens is 1. The van der Waals surface area contributed by atoms with Crippen molar-refractivity contribution in [1.29, 1.82) is 0 Å². The second kappa shape index (κ2) is 9.06. The number of methoxy groups -OCH3 is 1. The lowest BCUT2D eigenvalue weighted by atomic mass is 10.1.